The molecule has 3 rings (SSSR count). The highest BCUT2D eigenvalue weighted by atomic mass is 35.5. The Morgan fingerprint density at radius 2 is 2.17 bits per heavy atom. The molecule has 0 aliphatic carbocycles. The van der Waals surface area contributed by atoms with Crippen LogP contribution in [0.2, 0.25) is 5.02 Å². The minimum atomic E-state index is -0.968. The Kier molecular flexibility index (Phi) is 2.86. The first kappa shape index (κ1) is 11.7. The van der Waals surface area contributed by atoms with Gasteiger partial charge in [-0.15, -0.1) is 11.3 Å². The first-order valence-corrected chi connectivity index (χ1v) is 6.51. The molecule has 2 heterocycles. The van der Waals surface area contributed by atoms with Crippen molar-refractivity contribution >= 4 is 33.9 Å². The van der Waals surface area contributed by atoms with Gasteiger partial charge in [0.15, 0.2) is 11.4 Å². The Bertz CT molecular complexity index is 704. The topological polar surface area (TPSA) is 33.4 Å². The monoisotopic (exact) mass is 282 g/mol. The van der Waals surface area contributed by atoms with Crippen LogP contribution in [0.25, 0.3) is 11.0 Å². The van der Waals surface area contributed by atoms with Crippen molar-refractivity contribution in [2.45, 2.75) is 6.10 Å². The van der Waals surface area contributed by atoms with Crippen LogP contribution in [0.1, 0.15) is 16.7 Å². The van der Waals surface area contributed by atoms with Crippen molar-refractivity contribution < 1.29 is 13.9 Å². The second kappa shape index (κ2) is 4.39. The number of aliphatic hydroxyl groups is 1. The average Bonchev–Trinajstić information content (AvgIpc) is 2.95. The van der Waals surface area contributed by atoms with Gasteiger partial charge in [-0.1, -0.05) is 23.7 Å². The second-order valence-electron chi connectivity index (χ2n) is 3.84. The highest BCUT2D eigenvalue weighted by Gasteiger charge is 2.20. The van der Waals surface area contributed by atoms with Crippen LogP contribution >= 0.6 is 22.9 Å². The summed E-state index contributed by atoms with van der Waals surface area (Å²) >= 11 is 7.28. The predicted molar refractivity (Wildman–Crippen MR) is 69.6 cm³/mol. The average molecular weight is 283 g/mol. The van der Waals surface area contributed by atoms with Gasteiger partial charge in [-0.25, -0.2) is 4.39 Å². The molecule has 92 valence electrons. The summed E-state index contributed by atoms with van der Waals surface area (Å²) in [6.45, 7) is 0. The predicted octanol–water partition coefficient (Wildman–Crippen LogP) is 4.37. The summed E-state index contributed by atoms with van der Waals surface area (Å²) in [5.74, 6) is -0.150. The van der Waals surface area contributed by atoms with E-state index >= 15 is 0 Å². The molecule has 3 aromatic rings. The maximum atomic E-state index is 13.5. The number of aliphatic hydroxyl groups excluding tert-OH is 1. The molecule has 2 aromatic heterocycles. The van der Waals surface area contributed by atoms with Crippen molar-refractivity contribution in [2.75, 3.05) is 0 Å². The summed E-state index contributed by atoms with van der Waals surface area (Å²) in [7, 11) is 0. The van der Waals surface area contributed by atoms with Crippen LogP contribution in [-0.2, 0) is 0 Å². The van der Waals surface area contributed by atoms with E-state index in [4.69, 9.17) is 16.0 Å². The molecule has 1 N–H and O–H groups in total. The Balaban J connectivity index is 2.10. The van der Waals surface area contributed by atoms with E-state index in [0.29, 0.717) is 21.0 Å². The highest BCUT2D eigenvalue weighted by Crippen LogP contribution is 2.35. The van der Waals surface area contributed by atoms with Crippen LogP contribution in [0.15, 0.2) is 40.1 Å². The second-order valence-corrected chi connectivity index (χ2v) is 5.20. The normalized spacial score (nSPS) is 13.1. The molecule has 0 spiro atoms. The minimum absolute atomic E-state index is 0.152. The number of benzene rings is 1. The number of fused-ring (bicyclic) bond motifs is 1. The molecular formula is C13H8ClFO2S. The lowest BCUT2D eigenvalue weighted by atomic mass is 10.2. The number of rotatable bonds is 2. The van der Waals surface area contributed by atoms with Crippen molar-refractivity contribution in [3.63, 3.8) is 0 Å². The molecule has 0 saturated carbocycles. The van der Waals surface area contributed by atoms with Gasteiger partial charge in [0.25, 0.3) is 0 Å². The molecule has 0 fully saturated rings. The summed E-state index contributed by atoms with van der Waals surface area (Å²) in [6, 6.07) is 7.98. The lowest BCUT2D eigenvalue weighted by Crippen LogP contribution is -1.95. The Morgan fingerprint density at radius 3 is 2.83 bits per heavy atom. The summed E-state index contributed by atoms with van der Waals surface area (Å²) in [4.78, 5) is 0.594. The van der Waals surface area contributed by atoms with Gasteiger partial charge in [0.2, 0.25) is 0 Å². The maximum Gasteiger partial charge on any atom is 0.170 e. The molecule has 1 unspecified atom stereocenters. The number of hydrogen-bond donors (Lipinski definition) is 1. The van der Waals surface area contributed by atoms with Crippen molar-refractivity contribution in [1.29, 1.82) is 0 Å². The van der Waals surface area contributed by atoms with E-state index in [2.05, 4.69) is 0 Å². The molecule has 0 radical (unpaired) electrons. The van der Waals surface area contributed by atoms with E-state index in [0.717, 1.165) is 0 Å². The molecule has 0 bridgehead atoms. The summed E-state index contributed by atoms with van der Waals surface area (Å²) in [5, 5.41) is 13.0. The summed E-state index contributed by atoms with van der Waals surface area (Å²) < 4.78 is 18.8. The van der Waals surface area contributed by atoms with Crippen LogP contribution in [0.5, 0.6) is 0 Å². The fourth-order valence-corrected chi connectivity index (χ4v) is 2.96. The van der Waals surface area contributed by atoms with Crippen molar-refractivity contribution in [3.8, 4) is 0 Å². The lowest BCUT2D eigenvalue weighted by Gasteiger charge is -2.05. The Morgan fingerprint density at radius 1 is 1.33 bits per heavy atom. The molecule has 5 heteroatoms. The number of thiophene rings is 1. The van der Waals surface area contributed by atoms with Gasteiger partial charge in [0.1, 0.15) is 11.9 Å². The summed E-state index contributed by atoms with van der Waals surface area (Å²) in [5.41, 5.74) is 0.152. The van der Waals surface area contributed by atoms with Gasteiger partial charge in [-0.2, -0.15) is 0 Å². The zero-order valence-corrected chi connectivity index (χ0v) is 10.6. The van der Waals surface area contributed by atoms with Crippen molar-refractivity contribution in [1.82, 2.24) is 0 Å². The quantitative estimate of drug-likeness (QED) is 0.757. The van der Waals surface area contributed by atoms with Gasteiger partial charge < -0.3 is 9.52 Å². The van der Waals surface area contributed by atoms with Crippen LogP contribution in [-0.4, -0.2) is 5.11 Å². The largest absolute Gasteiger partial charge is 0.455 e. The third-order valence-electron chi connectivity index (χ3n) is 2.68. The smallest absolute Gasteiger partial charge is 0.170 e. The highest BCUT2D eigenvalue weighted by molar-refractivity contribution is 7.10. The standard InChI is InChI=1S/C13H8ClFO2S/c14-8-4-5-18-13(8)11(16)10-6-7-2-1-3-9(15)12(7)17-10/h1-6,11,16H. The fourth-order valence-electron chi connectivity index (χ4n) is 1.81. The summed E-state index contributed by atoms with van der Waals surface area (Å²) in [6.07, 6.45) is -0.968. The van der Waals surface area contributed by atoms with E-state index in [1.165, 1.54) is 17.4 Å². The van der Waals surface area contributed by atoms with Gasteiger partial charge in [0, 0.05) is 5.39 Å². The van der Waals surface area contributed by atoms with Gasteiger partial charge in [-0.05, 0) is 23.6 Å². The van der Waals surface area contributed by atoms with Crippen LogP contribution in [0.4, 0.5) is 4.39 Å². The molecule has 0 aliphatic rings. The SMILES string of the molecule is OC(c1cc2cccc(F)c2o1)c1sccc1Cl. The van der Waals surface area contributed by atoms with E-state index in [1.54, 1.807) is 29.6 Å². The van der Waals surface area contributed by atoms with E-state index in [-0.39, 0.29) is 5.58 Å². The van der Waals surface area contributed by atoms with Gasteiger partial charge >= 0.3 is 0 Å². The maximum absolute atomic E-state index is 13.5. The van der Waals surface area contributed by atoms with Crippen LogP contribution < -0.4 is 0 Å². The number of hydrogen-bond acceptors (Lipinski definition) is 3. The Labute approximate surface area is 111 Å². The third-order valence-corrected chi connectivity index (χ3v) is 4.09. The van der Waals surface area contributed by atoms with Gasteiger partial charge in [-0.3, -0.25) is 0 Å². The first-order valence-electron chi connectivity index (χ1n) is 5.25. The molecule has 1 atom stereocenters. The molecule has 0 aliphatic heterocycles. The number of halogens is 2. The lowest BCUT2D eigenvalue weighted by molar-refractivity contribution is 0.195. The molecule has 18 heavy (non-hydrogen) atoms. The first-order chi connectivity index (χ1) is 8.66. The molecule has 0 saturated heterocycles. The van der Waals surface area contributed by atoms with E-state index < -0.39 is 11.9 Å². The zero-order chi connectivity index (χ0) is 12.7. The molecule has 0 amide bonds. The van der Waals surface area contributed by atoms with E-state index in [1.807, 2.05) is 0 Å². The minimum Gasteiger partial charge on any atom is -0.455 e. The third kappa shape index (κ3) is 1.82. The van der Waals surface area contributed by atoms with E-state index in [9.17, 15) is 9.50 Å². The van der Waals surface area contributed by atoms with Crippen LogP contribution in [0, 0.1) is 5.82 Å². The molecular weight excluding hydrogens is 275 g/mol. The van der Waals surface area contributed by atoms with Crippen LogP contribution in [0.3, 0.4) is 0 Å². The molecule has 2 nitrogen and oxygen atoms in total. The number of para-hydroxylation sites is 1. The van der Waals surface area contributed by atoms with Gasteiger partial charge in [0.05, 0.1) is 9.90 Å². The zero-order valence-electron chi connectivity index (χ0n) is 9.06. The fraction of sp³-hybridized carbons (Fsp3) is 0.0769. The van der Waals surface area contributed by atoms with Crippen molar-refractivity contribution in [2.24, 2.45) is 0 Å². The van der Waals surface area contributed by atoms with Crippen molar-refractivity contribution in [3.05, 3.63) is 57.2 Å². The Hall–Kier alpha value is -1.36. The number of furan rings is 1. The molecule has 1 aromatic carbocycles.